The number of fused-ring (bicyclic) bond motifs is 2. The van der Waals surface area contributed by atoms with Crippen LogP contribution in [0, 0.1) is 6.07 Å². The molecule has 2 aromatic carbocycles. The first-order valence-corrected chi connectivity index (χ1v) is 10.3. The smallest absolute Gasteiger partial charge is 0.0262 e. The predicted molar refractivity (Wildman–Crippen MR) is 107 cm³/mol. The summed E-state index contributed by atoms with van der Waals surface area (Å²) in [7, 11) is 0. The fourth-order valence-corrected chi connectivity index (χ4v) is 6.22. The van der Waals surface area contributed by atoms with Crippen LogP contribution < -0.4 is 0 Å². The van der Waals surface area contributed by atoms with Gasteiger partial charge in [-0.1, -0.05) is 69.7 Å². The van der Waals surface area contributed by atoms with E-state index in [0.29, 0.717) is 0 Å². The third kappa shape index (κ3) is 3.30. The summed E-state index contributed by atoms with van der Waals surface area (Å²) in [6.07, 6.45) is 1.83. The van der Waals surface area contributed by atoms with Gasteiger partial charge in [-0.15, -0.1) is 0 Å². The van der Waals surface area contributed by atoms with Crippen molar-refractivity contribution in [2.24, 2.45) is 0 Å². The zero-order valence-electron chi connectivity index (χ0n) is 13.4. The molecule has 5 rings (SSSR count). The molecule has 0 amide bonds. The van der Waals surface area contributed by atoms with Gasteiger partial charge in [-0.2, -0.15) is 12.1 Å². The van der Waals surface area contributed by atoms with Crippen molar-refractivity contribution < 1.29 is 20.1 Å². The molecule has 1 nitrogen and oxygen atoms in total. The molecule has 3 heterocycles. The summed E-state index contributed by atoms with van der Waals surface area (Å²) in [4.78, 5) is 12.1. The van der Waals surface area contributed by atoms with Crippen LogP contribution in [0.2, 0.25) is 0 Å². The van der Waals surface area contributed by atoms with E-state index in [1.807, 2.05) is 47.9 Å². The normalized spacial score (nSPS) is 12.0. The molecule has 0 unspecified atom stereocenters. The fourth-order valence-electron chi connectivity index (χ4n) is 2.80. The Morgan fingerprint density at radius 2 is 1.54 bits per heavy atom. The Balaban J connectivity index is 0.00000168. The van der Waals surface area contributed by atoms with Crippen molar-refractivity contribution in [1.29, 1.82) is 0 Å². The number of nitrogens with zero attached hydrogens (tertiary/aromatic N) is 1. The maximum absolute atomic E-state index is 4.44. The average molecular weight is 567 g/mol. The van der Waals surface area contributed by atoms with Gasteiger partial charge >= 0.3 is 0 Å². The summed E-state index contributed by atoms with van der Waals surface area (Å²) in [5.74, 6) is 0. The van der Waals surface area contributed by atoms with E-state index >= 15 is 0 Å². The van der Waals surface area contributed by atoms with E-state index < -0.39 is 0 Å². The molecular formula is C21H12IrNS3-. The summed E-state index contributed by atoms with van der Waals surface area (Å²) < 4.78 is 0. The first-order chi connectivity index (χ1) is 12.4. The minimum Gasteiger partial charge on any atom is -0.319 e. The number of benzene rings is 2. The third-order valence-electron chi connectivity index (χ3n) is 3.97. The van der Waals surface area contributed by atoms with Gasteiger partial charge < -0.3 is 4.98 Å². The quantitative estimate of drug-likeness (QED) is 0.216. The number of rotatable bonds is 2. The topological polar surface area (TPSA) is 12.9 Å². The number of aromatic nitrogens is 1. The molecule has 0 fully saturated rings. The maximum Gasteiger partial charge on any atom is 0.0262 e. The first-order valence-electron chi connectivity index (χ1n) is 7.89. The van der Waals surface area contributed by atoms with Crippen LogP contribution in [0.4, 0.5) is 0 Å². The van der Waals surface area contributed by atoms with Crippen molar-refractivity contribution in [3.05, 3.63) is 79.0 Å². The average Bonchev–Trinajstić information content (AvgIpc) is 3.16. The van der Waals surface area contributed by atoms with Crippen molar-refractivity contribution >= 4 is 34.9 Å². The Morgan fingerprint density at radius 1 is 0.769 bits per heavy atom. The first kappa shape index (κ1) is 18.0. The Bertz CT molecular complexity index is 1060. The summed E-state index contributed by atoms with van der Waals surface area (Å²) in [6.45, 7) is 0. The number of hydrogen-bond donors (Lipinski definition) is 0. The molecule has 2 aromatic heterocycles. The van der Waals surface area contributed by atoms with E-state index in [1.165, 1.54) is 30.0 Å². The summed E-state index contributed by atoms with van der Waals surface area (Å²) in [5, 5.41) is 0. The van der Waals surface area contributed by atoms with Gasteiger partial charge in [-0.05, 0) is 35.5 Å². The second kappa shape index (κ2) is 7.71. The van der Waals surface area contributed by atoms with Crippen molar-refractivity contribution in [3.63, 3.8) is 0 Å². The largest absolute Gasteiger partial charge is 0.319 e. The second-order valence-electron chi connectivity index (χ2n) is 5.58. The van der Waals surface area contributed by atoms with Crippen molar-refractivity contribution in [2.75, 3.05) is 0 Å². The van der Waals surface area contributed by atoms with Gasteiger partial charge in [-0.3, -0.25) is 0 Å². The molecule has 5 heteroatoms. The van der Waals surface area contributed by atoms with Crippen LogP contribution >= 0.6 is 34.9 Å². The van der Waals surface area contributed by atoms with Gasteiger partial charge in [0.2, 0.25) is 0 Å². The zero-order chi connectivity index (χ0) is 16.6. The summed E-state index contributed by atoms with van der Waals surface area (Å²) in [5.41, 5.74) is 2.27. The molecule has 0 spiro atoms. The molecular weight excluding hydrogens is 555 g/mol. The van der Waals surface area contributed by atoms with Crippen LogP contribution in [0.15, 0.2) is 92.5 Å². The van der Waals surface area contributed by atoms with Crippen LogP contribution in [0.25, 0.3) is 21.0 Å². The van der Waals surface area contributed by atoms with E-state index in [2.05, 4.69) is 59.6 Å². The van der Waals surface area contributed by atoms with Gasteiger partial charge in [0.05, 0.1) is 0 Å². The van der Waals surface area contributed by atoms with E-state index in [4.69, 9.17) is 0 Å². The van der Waals surface area contributed by atoms with Gasteiger partial charge in [0, 0.05) is 45.9 Å². The molecule has 4 aromatic rings. The van der Waals surface area contributed by atoms with Crippen molar-refractivity contribution in [1.82, 2.24) is 4.98 Å². The molecule has 26 heavy (non-hydrogen) atoms. The van der Waals surface area contributed by atoms with Gasteiger partial charge in [0.15, 0.2) is 0 Å². The molecule has 0 atom stereocenters. The van der Waals surface area contributed by atoms with E-state index in [0.717, 1.165) is 10.6 Å². The summed E-state index contributed by atoms with van der Waals surface area (Å²) in [6, 6.07) is 26.7. The zero-order valence-corrected chi connectivity index (χ0v) is 18.3. The Labute approximate surface area is 178 Å². The van der Waals surface area contributed by atoms with E-state index in [1.54, 1.807) is 11.3 Å². The summed E-state index contributed by atoms with van der Waals surface area (Å²) >= 11 is 5.47. The minimum atomic E-state index is 0. The molecule has 129 valence electrons. The molecule has 0 bridgehead atoms. The van der Waals surface area contributed by atoms with Gasteiger partial charge in [0.1, 0.15) is 0 Å². The van der Waals surface area contributed by atoms with Gasteiger partial charge in [0.25, 0.3) is 0 Å². The number of hydrogen-bond acceptors (Lipinski definition) is 4. The van der Waals surface area contributed by atoms with Crippen LogP contribution in [0.1, 0.15) is 0 Å². The van der Waals surface area contributed by atoms with Crippen LogP contribution in [-0.2, 0) is 20.1 Å². The Morgan fingerprint density at radius 3 is 2.35 bits per heavy atom. The molecule has 1 radical (unpaired) electrons. The monoisotopic (exact) mass is 567 g/mol. The van der Waals surface area contributed by atoms with E-state index in [-0.39, 0.29) is 20.1 Å². The van der Waals surface area contributed by atoms with Crippen molar-refractivity contribution in [2.45, 2.75) is 19.6 Å². The van der Waals surface area contributed by atoms with E-state index in [9.17, 15) is 0 Å². The molecule has 0 saturated carbocycles. The molecule has 0 aliphatic carbocycles. The van der Waals surface area contributed by atoms with Crippen LogP contribution in [-0.4, -0.2) is 4.98 Å². The second-order valence-corrected chi connectivity index (χ2v) is 8.77. The van der Waals surface area contributed by atoms with Crippen molar-refractivity contribution in [3.8, 4) is 21.0 Å². The fraction of sp³-hybridized carbons (Fsp3) is 0. The standard InChI is InChI=1S/C21H12NS3.Ir/c1-2-9-19-18(8-1)24-20-10-5-6-14(21(20)25-19)16-11-12-17(23-16)15-7-3-4-13-22-15;/h1-11,13H;/q-1;. The number of thiophene rings is 1. The van der Waals surface area contributed by atoms with Gasteiger partial charge in [-0.25, -0.2) is 11.3 Å². The molecule has 1 aliphatic heterocycles. The van der Waals surface area contributed by atoms with Crippen LogP contribution in [0.3, 0.4) is 0 Å². The molecule has 0 N–H and O–H groups in total. The molecule has 0 saturated heterocycles. The third-order valence-corrected chi connectivity index (χ3v) is 7.67. The van der Waals surface area contributed by atoms with Crippen LogP contribution in [0.5, 0.6) is 0 Å². The molecule has 1 aliphatic rings. The number of pyridine rings is 1. The minimum absolute atomic E-state index is 0. The Hall–Kier alpha value is -1.36. The maximum atomic E-state index is 4.44. The SMILES string of the molecule is [Ir].[c-]1cc(-c2cccc3c2Sc2ccccc2S3)sc1-c1ccccn1. The Kier molecular flexibility index (Phi) is 5.35. The predicted octanol–water partition coefficient (Wildman–Crippen LogP) is 6.89.